The number of carboxylic acid groups (broad SMARTS) is 1. The molecule has 0 unspecified atom stereocenters. The van der Waals surface area contributed by atoms with E-state index in [1.807, 2.05) is 25.1 Å². The van der Waals surface area contributed by atoms with Crippen molar-refractivity contribution in [3.05, 3.63) is 58.1 Å². The zero-order valence-electron chi connectivity index (χ0n) is 10.9. The number of aromatic carboxylic acids is 1. The standard InChI is InChI=1S/C15H14ClNO3/c1-9-3-2-4-10(14(9)18)8-17-11-5-6-13(16)12(7-11)15(19)20/h2-7,17-18H,8H2,1H3,(H,19,20). The molecule has 4 nitrogen and oxygen atoms in total. The Balaban J connectivity index is 2.17. The molecule has 0 saturated carbocycles. The second-order valence-corrected chi connectivity index (χ2v) is 4.84. The Hall–Kier alpha value is -2.20. The van der Waals surface area contributed by atoms with Crippen LogP contribution in [0.25, 0.3) is 0 Å². The van der Waals surface area contributed by atoms with Gasteiger partial charge in [-0.15, -0.1) is 0 Å². The fourth-order valence-corrected chi connectivity index (χ4v) is 2.06. The number of aromatic hydroxyl groups is 1. The van der Waals surface area contributed by atoms with Gasteiger partial charge in [0.2, 0.25) is 0 Å². The van der Waals surface area contributed by atoms with Crippen molar-refractivity contribution in [1.82, 2.24) is 0 Å². The van der Waals surface area contributed by atoms with Crippen LogP contribution in [0.3, 0.4) is 0 Å². The largest absolute Gasteiger partial charge is 0.507 e. The molecule has 20 heavy (non-hydrogen) atoms. The Morgan fingerprint density at radius 2 is 2.05 bits per heavy atom. The number of hydrogen-bond donors (Lipinski definition) is 3. The monoisotopic (exact) mass is 291 g/mol. The van der Waals surface area contributed by atoms with Crippen molar-refractivity contribution < 1.29 is 15.0 Å². The maximum absolute atomic E-state index is 11.0. The van der Waals surface area contributed by atoms with Crippen LogP contribution in [-0.2, 0) is 6.54 Å². The van der Waals surface area contributed by atoms with E-state index in [9.17, 15) is 9.90 Å². The molecular weight excluding hydrogens is 278 g/mol. The van der Waals surface area contributed by atoms with Crippen molar-refractivity contribution in [2.24, 2.45) is 0 Å². The highest BCUT2D eigenvalue weighted by Crippen LogP contribution is 2.24. The minimum Gasteiger partial charge on any atom is -0.507 e. The summed E-state index contributed by atoms with van der Waals surface area (Å²) in [5.74, 6) is -0.829. The van der Waals surface area contributed by atoms with Gasteiger partial charge in [-0.3, -0.25) is 0 Å². The summed E-state index contributed by atoms with van der Waals surface area (Å²) in [5, 5.41) is 22.2. The lowest BCUT2D eigenvalue weighted by atomic mass is 10.1. The highest BCUT2D eigenvalue weighted by Gasteiger charge is 2.10. The van der Waals surface area contributed by atoms with Gasteiger partial charge in [0, 0.05) is 17.8 Å². The average Bonchev–Trinajstić information content (AvgIpc) is 2.41. The van der Waals surface area contributed by atoms with Crippen molar-refractivity contribution in [2.75, 3.05) is 5.32 Å². The molecule has 0 aromatic heterocycles. The lowest BCUT2D eigenvalue weighted by Crippen LogP contribution is -2.03. The molecule has 2 aromatic rings. The molecule has 2 rings (SSSR count). The van der Waals surface area contributed by atoms with E-state index in [-0.39, 0.29) is 16.3 Å². The fraction of sp³-hybridized carbons (Fsp3) is 0.133. The smallest absolute Gasteiger partial charge is 0.337 e. The van der Waals surface area contributed by atoms with Crippen molar-refractivity contribution >= 4 is 23.3 Å². The Labute approximate surface area is 121 Å². The lowest BCUT2D eigenvalue weighted by Gasteiger charge is -2.10. The third-order valence-electron chi connectivity index (χ3n) is 3.00. The Morgan fingerprint density at radius 3 is 2.75 bits per heavy atom. The summed E-state index contributed by atoms with van der Waals surface area (Å²) < 4.78 is 0. The van der Waals surface area contributed by atoms with E-state index in [4.69, 9.17) is 16.7 Å². The first-order valence-corrected chi connectivity index (χ1v) is 6.41. The second kappa shape index (κ2) is 5.84. The van der Waals surface area contributed by atoms with Crippen LogP contribution in [0.4, 0.5) is 5.69 Å². The Kier molecular flexibility index (Phi) is 4.15. The minimum absolute atomic E-state index is 0.0464. The van der Waals surface area contributed by atoms with Gasteiger partial charge in [0.1, 0.15) is 5.75 Å². The molecule has 0 amide bonds. The van der Waals surface area contributed by atoms with Crippen LogP contribution >= 0.6 is 11.6 Å². The summed E-state index contributed by atoms with van der Waals surface area (Å²) in [5.41, 5.74) is 2.22. The first-order chi connectivity index (χ1) is 9.49. The molecule has 0 aliphatic rings. The number of carboxylic acids is 1. The van der Waals surface area contributed by atoms with Crippen molar-refractivity contribution in [3.8, 4) is 5.75 Å². The molecular formula is C15H14ClNO3. The van der Waals surface area contributed by atoms with Crippen LogP contribution in [0.2, 0.25) is 5.02 Å². The van der Waals surface area contributed by atoms with Crippen LogP contribution in [0, 0.1) is 6.92 Å². The summed E-state index contributed by atoms with van der Waals surface area (Å²) >= 11 is 5.81. The van der Waals surface area contributed by atoms with E-state index < -0.39 is 5.97 Å². The fourth-order valence-electron chi connectivity index (χ4n) is 1.86. The van der Waals surface area contributed by atoms with E-state index in [1.165, 1.54) is 12.1 Å². The molecule has 2 aromatic carbocycles. The van der Waals surface area contributed by atoms with Crippen molar-refractivity contribution in [1.29, 1.82) is 0 Å². The second-order valence-electron chi connectivity index (χ2n) is 4.44. The average molecular weight is 292 g/mol. The molecule has 3 N–H and O–H groups in total. The number of nitrogens with one attached hydrogen (secondary N) is 1. The van der Waals surface area contributed by atoms with Gasteiger partial charge in [-0.2, -0.15) is 0 Å². The molecule has 0 aliphatic heterocycles. The Bertz CT molecular complexity index is 656. The van der Waals surface area contributed by atoms with E-state index in [1.54, 1.807) is 6.07 Å². The van der Waals surface area contributed by atoms with Crippen LogP contribution in [0.15, 0.2) is 36.4 Å². The number of anilines is 1. The predicted molar refractivity (Wildman–Crippen MR) is 78.6 cm³/mol. The minimum atomic E-state index is -1.07. The number of aryl methyl sites for hydroxylation is 1. The molecule has 0 bridgehead atoms. The Morgan fingerprint density at radius 1 is 1.30 bits per heavy atom. The van der Waals surface area contributed by atoms with Crippen LogP contribution in [0.1, 0.15) is 21.5 Å². The van der Waals surface area contributed by atoms with E-state index >= 15 is 0 Å². The molecule has 0 heterocycles. The van der Waals surface area contributed by atoms with Gasteiger partial charge in [0.15, 0.2) is 0 Å². The van der Waals surface area contributed by atoms with Gasteiger partial charge in [-0.05, 0) is 30.7 Å². The number of carbonyl (C=O) groups is 1. The summed E-state index contributed by atoms with van der Waals surface area (Å²) in [7, 11) is 0. The first kappa shape index (κ1) is 14.2. The third kappa shape index (κ3) is 3.03. The molecule has 0 atom stereocenters. The van der Waals surface area contributed by atoms with Gasteiger partial charge < -0.3 is 15.5 Å². The van der Waals surface area contributed by atoms with Gasteiger partial charge in [-0.25, -0.2) is 4.79 Å². The molecule has 0 aliphatic carbocycles. The number of benzene rings is 2. The van der Waals surface area contributed by atoms with Gasteiger partial charge in [-0.1, -0.05) is 29.8 Å². The maximum Gasteiger partial charge on any atom is 0.337 e. The topological polar surface area (TPSA) is 69.6 Å². The molecule has 104 valence electrons. The van der Waals surface area contributed by atoms with Crippen LogP contribution < -0.4 is 5.32 Å². The van der Waals surface area contributed by atoms with E-state index in [0.29, 0.717) is 12.2 Å². The maximum atomic E-state index is 11.0. The van der Waals surface area contributed by atoms with E-state index in [0.717, 1.165) is 11.1 Å². The first-order valence-electron chi connectivity index (χ1n) is 6.03. The molecule has 5 heteroatoms. The molecule has 0 radical (unpaired) electrons. The molecule has 0 spiro atoms. The quantitative estimate of drug-likeness (QED) is 0.804. The highest BCUT2D eigenvalue weighted by molar-refractivity contribution is 6.33. The van der Waals surface area contributed by atoms with Gasteiger partial charge in [0.25, 0.3) is 0 Å². The number of hydrogen-bond acceptors (Lipinski definition) is 3. The SMILES string of the molecule is Cc1cccc(CNc2ccc(Cl)c(C(=O)O)c2)c1O. The number of halogens is 1. The highest BCUT2D eigenvalue weighted by atomic mass is 35.5. The zero-order chi connectivity index (χ0) is 14.7. The predicted octanol–water partition coefficient (Wildman–Crippen LogP) is 3.66. The lowest BCUT2D eigenvalue weighted by molar-refractivity contribution is 0.0697. The number of phenolic OH excluding ortho intramolecular Hbond substituents is 1. The van der Waals surface area contributed by atoms with Crippen molar-refractivity contribution in [2.45, 2.75) is 13.5 Å². The summed E-state index contributed by atoms with van der Waals surface area (Å²) in [4.78, 5) is 11.0. The third-order valence-corrected chi connectivity index (χ3v) is 3.33. The summed E-state index contributed by atoms with van der Waals surface area (Å²) in [6, 6.07) is 10.2. The molecule has 0 saturated heterocycles. The zero-order valence-corrected chi connectivity index (χ0v) is 11.6. The van der Waals surface area contributed by atoms with Crippen molar-refractivity contribution in [3.63, 3.8) is 0 Å². The molecule has 0 fully saturated rings. The number of rotatable bonds is 4. The number of phenols is 1. The normalized spacial score (nSPS) is 10.3. The van der Waals surface area contributed by atoms with Gasteiger partial charge in [0.05, 0.1) is 10.6 Å². The van der Waals surface area contributed by atoms with Crippen LogP contribution in [-0.4, -0.2) is 16.2 Å². The van der Waals surface area contributed by atoms with Crippen LogP contribution in [0.5, 0.6) is 5.75 Å². The van der Waals surface area contributed by atoms with E-state index in [2.05, 4.69) is 5.32 Å². The summed E-state index contributed by atoms with van der Waals surface area (Å²) in [6.07, 6.45) is 0. The summed E-state index contributed by atoms with van der Waals surface area (Å²) in [6.45, 7) is 2.22. The van der Waals surface area contributed by atoms with Gasteiger partial charge >= 0.3 is 5.97 Å². The number of para-hydroxylation sites is 1.